The van der Waals surface area contributed by atoms with Gasteiger partial charge in [-0.2, -0.15) is 0 Å². The van der Waals surface area contributed by atoms with Gasteiger partial charge < -0.3 is 4.90 Å². The van der Waals surface area contributed by atoms with Crippen LogP contribution in [0.4, 0.5) is 0 Å². The number of nitrogens with zero attached hydrogens (tertiary/aromatic N) is 1. The van der Waals surface area contributed by atoms with Gasteiger partial charge in [-0.05, 0) is 91.7 Å². The van der Waals surface area contributed by atoms with E-state index >= 15 is 0 Å². The minimum absolute atomic E-state index is 0.109. The molecule has 1 amide bonds. The first-order chi connectivity index (χ1) is 21.2. The van der Waals surface area contributed by atoms with E-state index in [1.54, 1.807) is 0 Å². The Bertz CT molecular complexity index is 1400. The summed E-state index contributed by atoms with van der Waals surface area (Å²) >= 11 is 5.89. The van der Waals surface area contributed by atoms with Gasteiger partial charge in [0.1, 0.15) is 9.19 Å². The highest BCUT2D eigenvalue weighted by molar-refractivity contribution is 8.33. The normalized spacial score (nSPS) is 33.4. The average Bonchev–Trinajstić information content (AvgIpc) is 3.31. The molecule has 4 aliphatic rings. The molecule has 1 aliphatic heterocycles. The lowest BCUT2D eigenvalue weighted by molar-refractivity contribution is -0.160. The molecule has 3 nitrogen and oxygen atoms in total. The first kappa shape index (κ1) is 30.5. The number of carbonyl (C=O) groups is 2. The molecule has 3 aliphatic carbocycles. The van der Waals surface area contributed by atoms with Gasteiger partial charge >= 0.3 is 0 Å². The molecule has 44 heavy (non-hydrogen) atoms. The van der Waals surface area contributed by atoms with E-state index in [-0.39, 0.29) is 20.2 Å². The molecular formula is C38H43NO2S3. The number of thioether (sulfide) groups is 3. The minimum atomic E-state index is -0.346. The third kappa shape index (κ3) is 5.17. The van der Waals surface area contributed by atoms with Crippen LogP contribution in [0, 0.1) is 34.5 Å². The van der Waals surface area contributed by atoms with Gasteiger partial charge in [-0.25, -0.2) is 0 Å². The summed E-state index contributed by atoms with van der Waals surface area (Å²) in [6.45, 7) is 4.80. The van der Waals surface area contributed by atoms with Crippen molar-refractivity contribution in [3.8, 4) is 0 Å². The summed E-state index contributed by atoms with van der Waals surface area (Å²) in [6.07, 6.45) is 6.47. The van der Waals surface area contributed by atoms with Crippen molar-refractivity contribution in [1.82, 2.24) is 4.90 Å². The molecule has 6 heteroatoms. The molecule has 3 aromatic carbocycles. The number of rotatable bonds is 7. The molecular weight excluding hydrogens is 599 g/mol. The standard InChI is InChI=1S/C38H43NO2S3/c1-36-24-22-34(41)39(3)32(36)20-19-29-30(36)21-23-37(2)33(40)25-31(35(29)37)38(42-26-13-7-4-8-14-26,43-27-15-9-5-10-16-27)44-28-17-11-6-12-18-28/h4-18,29-32,35H,19-25H2,1-3H3/t29-,30-,31?,32?,35-,36-,37-/m1/s1. The highest BCUT2D eigenvalue weighted by Crippen LogP contribution is 2.72. The number of ketones is 1. The molecule has 0 aromatic heterocycles. The Morgan fingerprint density at radius 2 is 1.25 bits per heavy atom. The summed E-state index contributed by atoms with van der Waals surface area (Å²) in [7, 11) is 2.04. The van der Waals surface area contributed by atoms with E-state index in [4.69, 9.17) is 0 Å². The Hall–Kier alpha value is -2.15. The van der Waals surface area contributed by atoms with E-state index in [0.29, 0.717) is 48.3 Å². The molecule has 1 saturated heterocycles. The van der Waals surface area contributed by atoms with E-state index in [9.17, 15) is 9.59 Å². The number of fused-ring (bicyclic) bond motifs is 5. The number of piperidine rings is 1. The van der Waals surface area contributed by atoms with Crippen molar-refractivity contribution in [2.75, 3.05) is 7.05 Å². The molecule has 0 bridgehead atoms. The highest BCUT2D eigenvalue weighted by Gasteiger charge is 2.67. The summed E-state index contributed by atoms with van der Waals surface area (Å²) < 4.78 is -0.346. The lowest BCUT2D eigenvalue weighted by atomic mass is 9.46. The number of likely N-dealkylation sites (tertiary alicyclic amines) is 1. The maximum absolute atomic E-state index is 14.4. The number of hydrogen-bond acceptors (Lipinski definition) is 5. The number of carbonyl (C=O) groups excluding carboxylic acids is 2. The van der Waals surface area contributed by atoms with Gasteiger partial charge in [0.25, 0.3) is 0 Å². The van der Waals surface area contributed by atoms with Crippen LogP contribution in [0.5, 0.6) is 0 Å². The first-order valence-electron chi connectivity index (χ1n) is 16.2. The fourth-order valence-electron chi connectivity index (χ4n) is 9.62. The molecule has 7 atom stereocenters. The van der Waals surface area contributed by atoms with E-state index in [2.05, 4.69) is 110 Å². The number of Topliss-reactive ketones (excluding diaryl/α,β-unsaturated/α-hetero) is 1. The van der Waals surface area contributed by atoms with Crippen molar-refractivity contribution < 1.29 is 9.59 Å². The van der Waals surface area contributed by atoms with Crippen LogP contribution in [-0.2, 0) is 9.59 Å². The zero-order valence-corrected chi connectivity index (χ0v) is 28.4. The van der Waals surface area contributed by atoms with Gasteiger partial charge in [-0.1, -0.05) is 104 Å². The second-order valence-corrected chi connectivity index (χ2v) is 18.7. The second-order valence-electron chi connectivity index (χ2n) is 13.9. The molecule has 0 radical (unpaired) electrons. The minimum Gasteiger partial charge on any atom is -0.342 e. The van der Waals surface area contributed by atoms with Crippen LogP contribution in [0.3, 0.4) is 0 Å². The summed E-state index contributed by atoms with van der Waals surface area (Å²) in [6, 6.07) is 32.8. The molecule has 0 N–H and O–H groups in total. The number of amides is 1. The van der Waals surface area contributed by atoms with Crippen molar-refractivity contribution >= 4 is 47.0 Å². The SMILES string of the molecule is CN1C(=O)CC[C@@]2(C)C1CC[C@@H]1[C@H]2CC[C@]2(C)C(=O)CC(C(Sc3ccccc3)(Sc3ccccc3)Sc3ccccc3)[C@@H]12. The van der Waals surface area contributed by atoms with E-state index in [1.165, 1.54) is 14.7 Å². The van der Waals surface area contributed by atoms with Gasteiger partial charge in [0.05, 0.1) is 0 Å². The summed E-state index contributed by atoms with van der Waals surface area (Å²) in [5.74, 6) is 2.28. The Morgan fingerprint density at radius 1 is 0.727 bits per heavy atom. The fourth-order valence-corrected chi connectivity index (χ4v) is 14.9. The zero-order chi connectivity index (χ0) is 30.5. The fraction of sp³-hybridized carbons (Fsp3) is 0.474. The van der Waals surface area contributed by atoms with Crippen LogP contribution in [-0.4, -0.2) is 33.1 Å². The van der Waals surface area contributed by atoms with E-state index in [0.717, 1.165) is 32.1 Å². The monoisotopic (exact) mass is 641 g/mol. The van der Waals surface area contributed by atoms with Gasteiger partial charge in [0.2, 0.25) is 5.91 Å². The van der Waals surface area contributed by atoms with Crippen molar-refractivity contribution in [2.24, 2.45) is 34.5 Å². The third-order valence-corrected chi connectivity index (χ3v) is 16.5. The molecule has 230 valence electrons. The summed E-state index contributed by atoms with van der Waals surface area (Å²) in [5, 5.41) is 0. The summed E-state index contributed by atoms with van der Waals surface area (Å²) in [5.41, 5.74) is -0.195. The van der Waals surface area contributed by atoms with Crippen LogP contribution in [0.1, 0.15) is 58.8 Å². The maximum atomic E-state index is 14.4. The average molecular weight is 642 g/mol. The van der Waals surface area contributed by atoms with Crippen molar-refractivity contribution in [1.29, 1.82) is 0 Å². The molecule has 3 saturated carbocycles. The molecule has 0 spiro atoms. The lowest BCUT2D eigenvalue weighted by Gasteiger charge is -2.62. The smallest absolute Gasteiger partial charge is 0.222 e. The molecule has 7 rings (SSSR count). The Balaban J connectivity index is 1.36. The molecule has 3 aromatic rings. The van der Waals surface area contributed by atoms with Crippen LogP contribution in [0.2, 0.25) is 0 Å². The zero-order valence-electron chi connectivity index (χ0n) is 26.0. The van der Waals surface area contributed by atoms with Crippen molar-refractivity contribution in [2.45, 2.75) is 82.9 Å². The Kier molecular flexibility index (Phi) is 8.25. The quantitative estimate of drug-likeness (QED) is 0.190. The van der Waals surface area contributed by atoms with Crippen LogP contribution < -0.4 is 0 Å². The van der Waals surface area contributed by atoms with Gasteiger partial charge in [-0.3, -0.25) is 9.59 Å². The first-order valence-corrected chi connectivity index (χ1v) is 18.7. The number of hydrogen-bond donors (Lipinski definition) is 0. The molecule has 1 heterocycles. The van der Waals surface area contributed by atoms with Crippen molar-refractivity contribution in [3.63, 3.8) is 0 Å². The van der Waals surface area contributed by atoms with Gasteiger partial charge in [0, 0.05) is 52.0 Å². The topological polar surface area (TPSA) is 37.4 Å². The van der Waals surface area contributed by atoms with E-state index < -0.39 is 0 Å². The Labute approximate surface area is 275 Å². The highest BCUT2D eigenvalue weighted by atomic mass is 32.3. The van der Waals surface area contributed by atoms with Crippen LogP contribution in [0.15, 0.2) is 106 Å². The molecule has 4 fully saturated rings. The van der Waals surface area contributed by atoms with Crippen LogP contribution >= 0.6 is 35.3 Å². The van der Waals surface area contributed by atoms with Crippen LogP contribution in [0.25, 0.3) is 0 Å². The van der Waals surface area contributed by atoms with Gasteiger partial charge in [-0.15, -0.1) is 0 Å². The number of benzene rings is 3. The largest absolute Gasteiger partial charge is 0.342 e. The Morgan fingerprint density at radius 3 is 1.77 bits per heavy atom. The van der Waals surface area contributed by atoms with Crippen molar-refractivity contribution in [3.05, 3.63) is 91.0 Å². The maximum Gasteiger partial charge on any atom is 0.222 e. The summed E-state index contributed by atoms with van der Waals surface area (Å²) in [4.78, 5) is 33.0. The lowest BCUT2D eigenvalue weighted by Crippen LogP contribution is -2.62. The predicted octanol–water partition coefficient (Wildman–Crippen LogP) is 9.68. The third-order valence-electron chi connectivity index (χ3n) is 11.7. The predicted molar refractivity (Wildman–Crippen MR) is 184 cm³/mol. The second kappa shape index (κ2) is 11.9. The van der Waals surface area contributed by atoms with Gasteiger partial charge in [0.15, 0.2) is 0 Å². The van der Waals surface area contributed by atoms with E-state index in [1.807, 2.05) is 42.3 Å². The molecule has 2 unspecified atom stereocenters.